The molecular weight excluding hydrogens is 394 g/mol. The lowest BCUT2D eigenvalue weighted by Crippen LogP contribution is -2.76. The van der Waals surface area contributed by atoms with Crippen LogP contribution in [0.2, 0.25) is 0 Å². The van der Waals surface area contributed by atoms with Crippen LogP contribution in [-0.4, -0.2) is 27.4 Å². The highest BCUT2D eigenvalue weighted by molar-refractivity contribution is 7.13. The molecule has 0 unspecified atom stereocenters. The molecule has 1 aliphatic heterocycles. The summed E-state index contributed by atoms with van der Waals surface area (Å²) >= 11 is 1.58. The van der Waals surface area contributed by atoms with Gasteiger partial charge in [-0.2, -0.15) is 10.3 Å². The molecule has 0 aromatic carbocycles. The Morgan fingerprint density at radius 1 is 1.21 bits per heavy atom. The van der Waals surface area contributed by atoms with Gasteiger partial charge in [0.25, 0.3) is 0 Å². The topological polar surface area (TPSA) is 200 Å². The summed E-state index contributed by atoms with van der Waals surface area (Å²) in [6.07, 6.45) is 7.90. The van der Waals surface area contributed by atoms with Crippen LogP contribution in [0.5, 0.6) is 0 Å². The van der Waals surface area contributed by atoms with E-state index in [2.05, 4.69) is 53.3 Å². The van der Waals surface area contributed by atoms with Crippen LogP contribution in [0.1, 0.15) is 27.7 Å². The number of nitrogens with one attached hydrogen (secondary N) is 2. The minimum Gasteiger partial charge on any atom is -0.356 e. The molecule has 0 amide bonds. The monoisotopic (exact) mass is 415 g/mol. The molecule has 0 saturated heterocycles. The molecule has 0 fully saturated rings. The summed E-state index contributed by atoms with van der Waals surface area (Å²) in [5.74, 6) is 0.613. The highest BCUT2D eigenvalue weighted by Gasteiger charge is 2.16. The number of nitrogens with two attached hydrogens (primary N) is 1. The second kappa shape index (κ2) is 12.1. The zero-order chi connectivity index (χ0) is 21.7. The standard InChI is InChI=1S/C14H19N5S.2NO3/c1-10-9-11(5-6-15-10)17-12(19-14(2,3)4)18-13-16-7-8-20-13;2*2-1(3)4/h5-9H,1-4H3,(H2,15,16,17,18,19);;/q;2*-1/p+2. The van der Waals surface area contributed by atoms with E-state index < -0.39 is 10.2 Å². The van der Waals surface area contributed by atoms with Crippen molar-refractivity contribution in [1.82, 2.24) is 0 Å². The molecule has 14 heteroatoms. The molecule has 0 bridgehead atoms. The SMILES string of the molecule is CC1=CC(=NC(=NC(C)(C)C)Nc2[nH+]ccs2)C=C[NH2+]1.O=[N+]([O-])[O-].O=[N+]([O-])[O-]. The van der Waals surface area contributed by atoms with Crippen molar-refractivity contribution >= 4 is 28.1 Å². The fraction of sp³-hybridized carbons (Fsp3) is 0.357. The fourth-order valence-corrected chi connectivity index (χ4v) is 2.19. The smallest absolute Gasteiger partial charge is 0.339 e. The Morgan fingerprint density at radius 2 is 1.79 bits per heavy atom. The molecule has 0 atom stereocenters. The molecule has 0 radical (unpaired) electrons. The van der Waals surface area contributed by atoms with Crippen molar-refractivity contribution in [2.45, 2.75) is 33.2 Å². The van der Waals surface area contributed by atoms with Crippen LogP contribution in [0.3, 0.4) is 0 Å². The predicted molar refractivity (Wildman–Crippen MR) is 105 cm³/mol. The van der Waals surface area contributed by atoms with Crippen LogP contribution >= 0.6 is 11.3 Å². The molecule has 28 heavy (non-hydrogen) atoms. The maximum atomic E-state index is 8.25. The number of thiazole rings is 1. The molecular formula is C14H21N7O6S. The number of guanidine groups is 1. The van der Waals surface area contributed by atoms with E-state index in [0.29, 0.717) is 5.96 Å². The summed E-state index contributed by atoms with van der Waals surface area (Å²) in [5.41, 5.74) is 1.90. The van der Waals surface area contributed by atoms with Crippen molar-refractivity contribution in [3.63, 3.8) is 0 Å². The van der Waals surface area contributed by atoms with Gasteiger partial charge in [-0.1, -0.05) is 11.3 Å². The normalized spacial score (nSPS) is 14.8. The quantitative estimate of drug-likeness (QED) is 0.295. The van der Waals surface area contributed by atoms with Gasteiger partial charge in [-0.15, -0.1) is 0 Å². The Balaban J connectivity index is 0.000000776. The van der Waals surface area contributed by atoms with Gasteiger partial charge in [0.1, 0.15) is 5.70 Å². The lowest BCUT2D eigenvalue weighted by atomic mass is 10.1. The molecule has 1 aromatic heterocycles. The number of allylic oxidation sites excluding steroid dienone is 3. The van der Waals surface area contributed by atoms with E-state index in [0.717, 1.165) is 10.8 Å². The van der Waals surface area contributed by atoms with Gasteiger partial charge < -0.3 is 30.6 Å². The van der Waals surface area contributed by atoms with Crippen molar-refractivity contribution in [3.05, 3.63) is 66.3 Å². The molecule has 1 aromatic rings. The average Bonchev–Trinajstić information content (AvgIpc) is 2.97. The molecule has 0 spiro atoms. The number of aromatic nitrogens is 1. The summed E-state index contributed by atoms with van der Waals surface area (Å²) < 4.78 is 0. The van der Waals surface area contributed by atoms with Crippen molar-refractivity contribution in [2.75, 3.05) is 5.32 Å². The second-order valence-electron chi connectivity index (χ2n) is 6.02. The number of quaternary nitrogens is 1. The number of rotatable bonds is 1. The summed E-state index contributed by atoms with van der Waals surface area (Å²) in [4.78, 5) is 28.9. The first-order chi connectivity index (χ1) is 12.9. The molecule has 0 saturated carbocycles. The number of aliphatic imine (C=N–C) groups is 2. The van der Waals surface area contributed by atoms with Gasteiger partial charge in [-0.05, 0) is 20.8 Å². The van der Waals surface area contributed by atoms with Crippen LogP contribution in [0.4, 0.5) is 5.13 Å². The zero-order valence-corrected chi connectivity index (χ0v) is 16.4. The summed E-state index contributed by atoms with van der Waals surface area (Å²) in [6.45, 7) is 8.22. The third kappa shape index (κ3) is 14.9. The summed E-state index contributed by atoms with van der Waals surface area (Å²) in [6, 6.07) is 0. The van der Waals surface area contributed by atoms with Gasteiger partial charge in [0.2, 0.25) is 0 Å². The van der Waals surface area contributed by atoms with Crippen molar-refractivity contribution in [3.8, 4) is 0 Å². The zero-order valence-electron chi connectivity index (χ0n) is 15.6. The Bertz CT molecular complexity index is 746. The second-order valence-corrected chi connectivity index (χ2v) is 6.94. The predicted octanol–water partition coefficient (Wildman–Crippen LogP) is 1.09. The lowest BCUT2D eigenvalue weighted by molar-refractivity contribution is -0.534. The Hall–Kier alpha value is -3.39. The number of nitrogens with zero attached hydrogens (tertiary/aromatic N) is 4. The van der Waals surface area contributed by atoms with Crippen molar-refractivity contribution < 1.29 is 20.5 Å². The maximum Gasteiger partial charge on any atom is 0.339 e. The Kier molecular flexibility index (Phi) is 10.6. The van der Waals surface area contributed by atoms with Crippen LogP contribution in [0.15, 0.2) is 45.6 Å². The average molecular weight is 415 g/mol. The van der Waals surface area contributed by atoms with Crippen LogP contribution < -0.4 is 15.6 Å². The first-order valence-corrected chi connectivity index (χ1v) is 8.50. The Morgan fingerprint density at radius 3 is 2.21 bits per heavy atom. The highest BCUT2D eigenvalue weighted by atomic mass is 32.1. The largest absolute Gasteiger partial charge is 0.356 e. The Labute approximate surface area is 164 Å². The van der Waals surface area contributed by atoms with Crippen molar-refractivity contribution in [1.29, 1.82) is 0 Å². The first-order valence-electron chi connectivity index (χ1n) is 7.62. The van der Waals surface area contributed by atoms with E-state index in [1.165, 1.54) is 5.70 Å². The fourth-order valence-electron chi connectivity index (χ4n) is 1.63. The summed E-state index contributed by atoms with van der Waals surface area (Å²) in [5, 5.41) is 37.7. The molecule has 2 rings (SSSR count). The molecule has 2 heterocycles. The number of H-pyrrole nitrogens is 1. The summed E-state index contributed by atoms with van der Waals surface area (Å²) in [7, 11) is 0. The van der Waals surface area contributed by atoms with Gasteiger partial charge in [-0.25, -0.2) is 9.98 Å². The van der Waals surface area contributed by atoms with E-state index in [-0.39, 0.29) is 5.54 Å². The molecule has 4 N–H and O–H groups in total. The first kappa shape index (κ1) is 24.6. The highest BCUT2D eigenvalue weighted by Crippen LogP contribution is 2.11. The van der Waals surface area contributed by atoms with Gasteiger partial charge >= 0.3 is 11.1 Å². The third-order valence-electron chi connectivity index (χ3n) is 2.37. The maximum absolute atomic E-state index is 8.25. The number of hydrogen-bond donors (Lipinski definition) is 2. The molecule has 154 valence electrons. The third-order valence-corrected chi connectivity index (χ3v) is 3.10. The van der Waals surface area contributed by atoms with Crippen LogP contribution in [0, 0.1) is 30.6 Å². The number of aromatic amines is 1. The van der Waals surface area contributed by atoms with Gasteiger partial charge in [0.15, 0.2) is 0 Å². The van der Waals surface area contributed by atoms with Crippen LogP contribution in [-0.2, 0) is 0 Å². The minimum atomic E-state index is -1.75. The van der Waals surface area contributed by atoms with E-state index in [1.807, 2.05) is 29.9 Å². The molecule has 13 nitrogen and oxygen atoms in total. The van der Waals surface area contributed by atoms with Crippen molar-refractivity contribution in [2.24, 2.45) is 9.98 Å². The number of anilines is 1. The lowest BCUT2D eigenvalue weighted by Gasteiger charge is -2.12. The van der Waals surface area contributed by atoms with Gasteiger partial charge in [0, 0.05) is 24.5 Å². The number of hydrogen-bond acceptors (Lipinski definition) is 8. The van der Waals surface area contributed by atoms with E-state index in [4.69, 9.17) is 30.6 Å². The van der Waals surface area contributed by atoms with E-state index in [1.54, 1.807) is 11.3 Å². The molecule has 1 aliphatic rings. The molecule has 0 aliphatic carbocycles. The van der Waals surface area contributed by atoms with E-state index >= 15 is 0 Å². The van der Waals surface area contributed by atoms with E-state index in [9.17, 15) is 0 Å². The van der Waals surface area contributed by atoms with Gasteiger partial charge in [-0.3, -0.25) is 5.32 Å². The van der Waals surface area contributed by atoms with Gasteiger partial charge in [0.05, 0.1) is 33.8 Å². The van der Waals surface area contributed by atoms with Crippen LogP contribution in [0.25, 0.3) is 0 Å². The minimum absolute atomic E-state index is 0.188.